The maximum atomic E-state index is 16.4. The molecule has 0 saturated carbocycles. The van der Waals surface area contributed by atoms with Crippen LogP contribution in [0.15, 0.2) is 42.5 Å². The van der Waals surface area contributed by atoms with Crippen LogP contribution >= 0.6 is 11.6 Å². The van der Waals surface area contributed by atoms with Crippen molar-refractivity contribution < 1.29 is 62.3 Å². The van der Waals surface area contributed by atoms with Gasteiger partial charge in [0.15, 0.2) is 5.82 Å². The summed E-state index contributed by atoms with van der Waals surface area (Å²) in [4.78, 5) is 90.0. The Bertz CT molecular complexity index is 2540. The molecule has 7 rings (SSSR count). The summed E-state index contributed by atoms with van der Waals surface area (Å²) >= 11 is 6.53. The molecule has 1 atom stereocenters. The van der Waals surface area contributed by atoms with Crippen LogP contribution in [0.5, 0.6) is 5.75 Å². The molecule has 1 unspecified atom stereocenters. The molecule has 1 aromatic heterocycles. The average molecular weight is 937 g/mol. The number of rotatable bonds is 18. The molecule has 0 radical (unpaired) electrons. The lowest BCUT2D eigenvalue weighted by Gasteiger charge is -2.36. The molecule has 3 aliphatic rings. The van der Waals surface area contributed by atoms with E-state index in [9.17, 15) is 48.5 Å². The van der Waals surface area contributed by atoms with Crippen molar-refractivity contribution in [1.29, 1.82) is 0 Å². The number of likely N-dealkylation sites (N-methyl/N-ethyl adjacent to an activating group) is 1. The summed E-state index contributed by atoms with van der Waals surface area (Å²) < 4.78 is 42.8. The fraction of sp³-hybridized carbons (Fsp3) is 0.409. The van der Waals surface area contributed by atoms with Gasteiger partial charge in [-0.25, -0.2) is 13.8 Å². The van der Waals surface area contributed by atoms with Gasteiger partial charge in [-0.1, -0.05) is 29.8 Å². The standard InChI is InChI=1S/C44H47ClF2N8O11/c1-52(18-20-66-22-21-65-19-4-6-24-5-2-7-25-33(24)41(61)55(40(25)60)29-10-11-31(57)49-39(29)59)32(58)12-13-48-44-50-37-26(38(51-44)53-14-16-54(17-15-53)42(62)43(63)64)23-27(45)34(36(37)47)35-28(46)8-3-9-30(35)56/h2-3,5,7-9,23,29,43,56,63-64H,4,6,10-22H2,1H3,(H,48,50,51)(H,49,57,59). The van der Waals surface area contributed by atoms with Crippen LogP contribution < -0.4 is 15.5 Å². The van der Waals surface area contributed by atoms with Gasteiger partial charge >= 0.3 is 0 Å². The van der Waals surface area contributed by atoms with Crippen LogP contribution in [-0.4, -0.2) is 161 Å². The summed E-state index contributed by atoms with van der Waals surface area (Å²) in [5, 5.41) is 34.3. The minimum absolute atomic E-state index is 0.0165. The second kappa shape index (κ2) is 20.8. The number of aliphatic hydroxyl groups is 2. The van der Waals surface area contributed by atoms with Crippen LogP contribution in [0.2, 0.25) is 5.02 Å². The Morgan fingerprint density at radius 1 is 0.955 bits per heavy atom. The number of aromatic hydroxyl groups is 1. The van der Waals surface area contributed by atoms with E-state index < -0.39 is 70.4 Å². The van der Waals surface area contributed by atoms with Crippen LogP contribution in [0.1, 0.15) is 52.0 Å². The summed E-state index contributed by atoms with van der Waals surface area (Å²) in [7, 11) is 1.61. The molecule has 2 saturated heterocycles. The van der Waals surface area contributed by atoms with Gasteiger partial charge < -0.3 is 44.8 Å². The zero-order valence-corrected chi connectivity index (χ0v) is 36.5. The molecule has 2 fully saturated rings. The zero-order chi connectivity index (χ0) is 47.2. The quantitative estimate of drug-likeness (QED) is 0.0546. The van der Waals surface area contributed by atoms with Crippen molar-refractivity contribution in [3.63, 3.8) is 0 Å². The van der Waals surface area contributed by atoms with Crippen molar-refractivity contribution in [1.82, 2.24) is 30.0 Å². The molecule has 3 aromatic carbocycles. The predicted molar refractivity (Wildman–Crippen MR) is 232 cm³/mol. The summed E-state index contributed by atoms with van der Waals surface area (Å²) in [6.07, 6.45) is -1.11. The van der Waals surface area contributed by atoms with E-state index in [4.69, 9.17) is 21.1 Å². The Kier molecular flexibility index (Phi) is 15.0. The zero-order valence-electron chi connectivity index (χ0n) is 35.7. The Labute approximate surface area is 381 Å². The van der Waals surface area contributed by atoms with Crippen molar-refractivity contribution in [2.75, 3.05) is 83.0 Å². The number of aliphatic hydroxyl groups excluding tert-OH is 1. The minimum Gasteiger partial charge on any atom is -0.507 e. The molecule has 350 valence electrons. The monoisotopic (exact) mass is 936 g/mol. The first kappa shape index (κ1) is 47.6. The highest BCUT2D eigenvalue weighted by molar-refractivity contribution is 6.34. The number of nitrogens with one attached hydrogen (secondary N) is 2. The van der Waals surface area contributed by atoms with Crippen molar-refractivity contribution in [3.8, 4) is 16.9 Å². The number of halogens is 3. The molecule has 4 heterocycles. The van der Waals surface area contributed by atoms with Gasteiger partial charge in [-0.15, -0.1) is 0 Å². The van der Waals surface area contributed by atoms with Gasteiger partial charge in [0.1, 0.15) is 28.9 Å². The first-order valence-electron chi connectivity index (χ1n) is 21.2. The molecule has 19 nitrogen and oxygen atoms in total. The number of benzene rings is 3. The number of piperazine rings is 1. The van der Waals surface area contributed by atoms with Crippen molar-refractivity contribution in [2.45, 2.75) is 44.4 Å². The van der Waals surface area contributed by atoms with Gasteiger partial charge in [-0.05, 0) is 49.1 Å². The number of piperidine rings is 1. The van der Waals surface area contributed by atoms with E-state index in [2.05, 4.69) is 20.6 Å². The fourth-order valence-electron chi connectivity index (χ4n) is 8.07. The van der Waals surface area contributed by atoms with Gasteiger partial charge in [-0.3, -0.25) is 39.0 Å². The molecule has 5 N–H and O–H groups in total. The first-order valence-corrected chi connectivity index (χ1v) is 21.6. The van der Waals surface area contributed by atoms with E-state index in [0.717, 1.165) is 11.0 Å². The van der Waals surface area contributed by atoms with Gasteiger partial charge in [0.2, 0.25) is 30.0 Å². The third-order valence-corrected chi connectivity index (χ3v) is 11.8. The van der Waals surface area contributed by atoms with Crippen molar-refractivity contribution >= 4 is 69.7 Å². The number of phenolic OH excluding ortho intramolecular Hbond substituents is 1. The van der Waals surface area contributed by atoms with E-state index in [1.54, 1.807) is 30.1 Å². The normalized spacial score (nSPS) is 16.3. The molecule has 66 heavy (non-hydrogen) atoms. The third-order valence-electron chi connectivity index (χ3n) is 11.5. The predicted octanol–water partition coefficient (Wildman–Crippen LogP) is 2.22. The van der Waals surface area contributed by atoms with E-state index >= 15 is 4.39 Å². The number of hydrogen-bond acceptors (Lipinski definition) is 15. The van der Waals surface area contributed by atoms with Gasteiger partial charge in [0, 0.05) is 76.7 Å². The number of fused-ring (bicyclic) bond motifs is 2. The number of hydrogen-bond donors (Lipinski definition) is 5. The first-order chi connectivity index (χ1) is 31.7. The number of phenols is 1. The van der Waals surface area contributed by atoms with Gasteiger partial charge in [-0.2, -0.15) is 4.98 Å². The number of anilines is 2. The number of ether oxygens (including phenoxy) is 2. The van der Waals surface area contributed by atoms with E-state index in [1.165, 1.54) is 28.0 Å². The van der Waals surface area contributed by atoms with Gasteiger partial charge in [0.05, 0.1) is 41.5 Å². The maximum Gasteiger partial charge on any atom is 0.279 e. The molecule has 6 amide bonds. The number of imide groups is 2. The lowest BCUT2D eigenvalue weighted by atomic mass is 9.99. The van der Waals surface area contributed by atoms with Crippen LogP contribution in [-0.2, 0) is 35.1 Å². The largest absolute Gasteiger partial charge is 0.507 e. The van der Waals surface area contributed by atoms with Crippen LogP contribution in [0.25, 0.3) is 22.0 Å². The summed E-state index contributed by atoms with van der Waals surface area (Å²) in [6, 6.07) is 8.80. The molecule has 0 bridgehead atoms. The summed E-state index contributed by atoms with van der Waals surface area (Å²) in [6.45, 7) is 1.84. The molecular formula is C44H47ClF2N8O11. The number of carbonyl (C=O) groups excluding carboxylic acids is 6. The molecule has 0 spiro atoms. The summed E-state index contributed by atoms with van der Waals surface area (Å²) in [5.41, 5.74) is -0.000117. The third kappa shape index (κ3) is 10.2. The van der Waals surface area contributed by atoms with E-state index in [0.29, 0.717) is 25.0 Å². The second-order valence-electron chi connectivity index (χ2n) is 15.7. The molecule has 22 heteroatoms. The topological polar surface area (TPSA) is 244 Å². The highest BCUT2D eigenvalue weighted by Gasteiger charge is 2.45. The Morgan fingerprint density at radius 3 is 2.39 bits per heavy atom. The Balaban J connectivity index is 0.879. The SMILES string of the molecule is CN(CCOCCOCCCc1cccc2c1C(=O)N(C1CCC(=O)NC1=O)C2=O)C(=O)CCNc1nc(N2CCN(C(=O)C(O)O)CC2)c2cc(Cl)c(-c3c(O)cccc3F)c(F)c2n1. The Morgan fingerprint density at radius 2 is 1.68 bits per heavy atom. The van der Waals surface area contributed by atoms with Crippen molar-refractivity contribution in [3.05, 3.63) is 75.8 Å². The van der Waals surface area contributed by atoms with Crippen molar-refractivity contribution in [2.24, 2.45) is 0 Å². The van der Waals surface area contributed by atoms with E-state index in [1.807, 2.05) is 0 Å². The number of carbonyl (C=O) groups is 6. The van der Waals surface area contributed by atoms with Crippen LogP contribution in [0, 0.1) is 11.6 Å². The molecule has 4 aromatic rings. The lowest BCUT2D eigenvalue weighted by Crippen LogP contribution is -2.54. The minimum atomic E-state index is -2.18. The lowest BCUT2D eigenvalue weighted by molar-refractivity contribution is -0.159. The number of nitrogens with zero attached hydrogens (tertiary/aromatic N) is 6. The highest BCUT2D eigenvalue weighted by Crippen LogP contribution is 2.42. The second-order valence-corrected chi connectivity index (χ2v) is 16.1. The fourth-order valence-corrected chi connectivity index (χ4v) is 8.36. The smallest absolute Gasteiger partial charge is 0.279 e. The number of amides is 6. The van der Waals surface area contributed by atoms with Gasteiger partial charge in [0.25, 0.3) is 17.7 Å². The number of aryl methyl sites for hydroxylation is 1. The van der Waals surface area contributed by atoms with E-state index in [-0.39, 0.29) is 123 Å². The molecule has 0 aliphatic carbocycles. The van der Waals surface area contributed by atoms with Crippen LogP contribution in [0.3, 0.4) is 0 Å². The number of aromatic nitrogens is 2. The summed E-state index contributed by atoms with van der Waals surface area (Å²) in [5.74, 6) is -5.71. The average Bonchev–Trinajstić information content (AvgIpc) is 3.54. The molecular weight excluding hydrogens is 890 g/mol. The maximum absolute atomic E-state index is 16.4. The molecule has 3 aliphatic heterocycles. The highest BCUT2D eigenvalue weighted by atomic mass is 35.5. The Hall–Kier alpha value is -6.39. The van der Waals surface area contributed by atoms with Crippen LogP contribution in [0.4, 0.5) is 20.5 Å².